The van der Waals surface area contributed by atoms with Gasteiger partial charge in [0.1, 0.15) is 11.5 Å². The summed E-state index contributed by atoms with van der Waals surface area (Å²) in [6, 6.07) is 14.5. The molecule has 1 saturated heterocycles. The van der Waals surface area contributed by atoms with Gasteiger partial charge in [0.15, 0.2) is 0 Å². The fraction of sp³-hybridized carbons (Fsp3) is 0.667. The van der Waals surface area contributed by atoms with Crippen molar-refractivity contribution in [2.75, 3.05) is 49.2 Å². The van der Waals surface area contributed by atoms with Gasteiger partial charge in [-0.2, -0.15) is 0 Å². The van der Waals surface area contributed by atoms with E-state index < -0.39 is 0 Å². The van der Waals surface area contributed by atoms with Crippen LogP contribution in [0, 0.1) is 0 Å². The van der Waals surface area contributed by atoms with E-state index in [1.54, 1.807) is 24.3 Å². The molecule has 0 N–H and O–H groups in total. The Balaban J connectivity index is 1.35. The third kappa shape index (κ3) is 15.9. The van der Waals surface area contributed by atoms with E-state index in [0.717, 1.165) is 24.3 Å². The zero-order chi connectivity index (χ0) is 34.1. The smallest absolute Gasteiger partial charge is 0.201 e. The Morgan fingerprint density at radius 1 is 0.417 bits per heavy atom. The van der Waals surface area contributed by atoms with E-state index in [4.69, 9.17) is 9.47 Å². The van der Waals surface area contributed by atoms with Crippen LogP contribution < -0.4 is 30.1 Å². The second kappa shape index (κ2) is 25.0. The van der Waals surface area contributed by atoms with E-state index in [0.29, 0.717) is 50.8 Å². The monoisotopic (exact) mass is 663 g/mol. The van der Waals surface area contributed by atoms with Crippen molar-refractivity contribution in [2.24, 2.45) is 0 Å². The van der Waals surface area contributed by atoms with Gasteiger partial charge >= 0.3 is 0 Å². The van der Waals surface area contributed by atoms with Crippen molar-refractivity contribution in [2.45, 2.75) is 142 Å². The van der Waals surface area contributed by atoms with E-state index >= 15 is 0 Å². The first-order valence-electron chi connectivity index (χ1n) is 19.7. The Bertz CT molecular complexity index is 1150. The van der Waals surface area contributed by atoms with Crippen molar-refractivity contribution in [1.29, 1.82) is 0 Å². The number of hydrogen-bond donors (Lipinski definition) is 0. The van der Waals surface area contributed by atoms with Crippen molar-refractivity contribution in [3.63, 3.8) is 0 Å². The molecule has 0 aromatic heterocycles. The molecule has 0 unspecified atom stereocenters. The van der Waals surface area contributed by atoms with Crippen LogP contribution in [0.1, 0.15) is 142 Å². The molecular formula is C42H66N2O4. The minimum Gasteiger partial charge on any atom is -0.494 e. The highest BCUT2D eigenvalue weighted by atomic mass is 16.5. The zero-order valence-corrected chi connectivity index (χ0v) is 30.5. The Labute approximate surface area is 292 Å². The third-order valence-corrected chi connectivity index (χ3v) is 9.61. The second-order valence-electron chi connectivity index (χ2n) is 13.7. The molecule has 0 radical (unpaired) electrons. The summed E-state index contributed by atoms with van der Waals surface area (Å²) in [6.45, 7) is 8.59. The second-order valence-corrected chi connectivity index (χ2v) is 13.7. The maximum absolute atomic E-state index is 13.0. The minimum atomic E-state index is -0.00272. The largest absolute Gasteiger partial charge is 0.494 e. The summed E-state index contributed by atoms with van der Waals surface area (Å²) in [5.74, 6) is 1.48. The number of nitrogens with zero attached hydrogens (tertiary/aromatic N) is 2. The lowest BCUT2D eigenvalue weighted by molar-refractivity contribution is 0.304. The molecule has 6 heteroatoms. The van der Waals surface area contributed by atoms with E-state index in [1.807, 2.05) is 24.3 Å². The molecule has 48 heavy (non-hydrogen) atoms. The van der Waals surface area contributed by atoms with Gasteiger partial charge in [-0.05, 0) is 61.4 Å². The molecule has 2 aromatic rings. The van der Waals surface area contributed by atoms with Gasteiger partial charge in [-0.1, -0.05) is 129 Å². The van der Waals surface area contributed by atoms with Crippen LogP contribution in [0.15, 0.2) is 58.1 Å². The topological polar surface area (TPSA) is 59.1 Å². The molecule has 0 aliphatic carbocycles. The number of piperazine rings is 1. The molecule has 6 nitrogen and oxygen atoms in total. The lowest BCUT2D eigenvalue weighted by Crippen LogP contribution is -2.48. The molecule has 0 atom stereocenters. The summed E-state index contributed by atoms with van der Waals surface area (Å²) < 4.78 is 12.0. The first-order valence-corrected chi connectivity index (χ1v) is 19.7. The van der Waals surface area contributed by atoms with Gasteiger partial charge < -0.3 is 19.3 Å². The van der Waals surface area contributed by atoms with Crippen molar-refractivity contribution < 1.29 is 9.47 Å². The highest BCUT2D eigenvalue weighted by Crippen LogP contribution is 2.20. The van der Waals surface area contributed by atoms with Crippen LogP contribution in [-0.4, -0.2) is 39.4 Å². The fourth-order valence-electron chi connectivity index (χ4n) is 6.55. The van der Waals surface area contributed by atoms with E-state index in [1.165, 1.54) is 116 Å². The Hall–Kier alpha value is -3.02. The first kappa shape index (κ1) is 39.4. The van der Waals surface area contributed by atoms with E-state index in [2.05, 4.69) is 23.6 Å². The van der Waals surface area contributed by atoms with Crippen molar-refractivity contribution in [3.8, 4) is 11.5 Å². The Morgan fingerprint density at radius 3 is 1.04 bits per heavy atom. The first-order chi connectivity index (χ1) is 23.6. The van der Waals surface area contributed by atoms with Gasteiger partial charge in [-0.3, -0.25) is 9.59 Å². The molecular weight excluding hydrogens is 596 g/mol. The van der Waals surface area contributed by atoms with Crippen LogP contribution in [0.3, 0.4) is 0 Å². The van der Waals surface area contributed by atoms with Crippen molar-refractivity contribution in [3.05, 3.63) is 69.0 Å². The highest BCUT2D eigenvalue weighted by Gasteiger charge is 2.20. The molecule has 268 valence electrons. The van der Waals surface area contributed by atoms with E-state index in [-0.39, 0.29) is 10.9 Å². The summed E-state index contributed by atoms with van der Waals surface area (Å²) >= 11 is 0. The van der Waals surface area contributed by atoms with Crippen molar-refractivity contribution in [1.82, 2.24) is 0 Å². The van der Waals surface area contributed by atoms with Crippen LogP contribution in [0.5, 0.6) is 11.5 Å². The Kier molecular flexibility index (Phi) is 20.5. The molecule has 0 bridgehead atoms. The summed E-state index contributed by atoms with van der Waals surface area (Å²) in [7, 11) is 0. The van der Waals surface area contributed by atoms with Crippen LogP contribution >= 0.6 is 0 Å². The van der Waals surface area contributed by atoms with Crippen LogP contribution in [0.25, 0.3) is 0 Å². The maximum Gasteiger partial charge on any atom is 0.201 e. The quantitative estimate of drug-likeness (QED) is 0.0935. The van der Waals surface area contributed by atoms with Gasteiger partial charge in [0.25, 0.3) is 0 Å². The number of rotatable bonds is 26. The average Bonchev–Trinajstić information content (AvgIpc) is 3.41. The third-order valence-electron chi connectivity index (χ3n) is 9.61. The minimum absolute atomic E-state index is 0.00272. The fourth-order valence-corrected chi connectivity index (χ4v) is 6.55. The SMILES string of the molecule is CCCCCCCCCCCCOc1ccc(N2CCN(c3ccc(OCCCCCCCCCCCC)ccc3=O)CC2)c(=O)cc1. The highest BCUT2D eigenvalue weighted by molar-refractivity contribution is 5.52. The van der Waals surface area contributed by atoms with Crippen LogP contribution in [-0.2, 0) is 0 Å². The normalized spacial score (nSPS) is 13.1. The lowest BCUT2D eigenvalue weighted by atomic mass is 10.1. The van der Waals surface area contributed by atoms with Gasteiger partial charge in [-0.15, -0.1) is 0 Å². The number of hydrogen-bond acceptors (Lipinski definition) is 6. The van der Waals surface area contributed by atoms with Crippen LogP contribution in [0.2, 0.25) is 0 Å². The van der Waals surface area contributed by atoms with Crippen molar-refractivity contribution >= 4 is 11.4 Å². The zero-order valence-electron chi connectivity index (χ0n) is 30.5. The molecule has 0 amide bonds. The standard InChI is InChI=1S/C42H66N2O4/c1-3-5-7-9-11-13-15-17-19-21-35-47-37-23-27-39(41(45)29-25-37)43-31-33-44(34-32-43)40-28-24-38(26-30-42(40)46)48-36-22-20-18-16-14-12-10-8-6-4-2/h23-30H,3-22,31-36H2,1-2H3. The molecule has 1 fully saturated rings. The number of unbranched alkanes of at least 4 members (excludes halogenated alkanes) is 18. The molecule has 2 aromatic carbocycles. The number of anilines is 2. The van der Waals surface area contributed by atoms with Gasteiger partial charge in [-0.25, -0.2) is 0 Å². The lowest BCUT2D eigenvalue weighted by Gasteiger charge is -2.36. The number of ether oxygens (including phenoxy) is 2. The maximum atomic E-state index is 13.0. The van der Waals surface area contributed by atoms with Gasteiger partial charge in [0, 0.05) is 26.2 Å². The molecule has 1 heterocycles. The van der Waals surface area contributed by atoms with E-state index in [9.17, 15) is 9.59 Å². The molecule has 1 aliphatic heterocycles. The summed E-state index contributed by atoms with van der Waals surface area (Å²) in [5, 5.41) is 0. The predicted octanol–water partition coefficient (Wildman–Crippen LogP) is 10.3. The van der Waals surface area contributed by atoms with Crippen LogP contribution in [0.4, 0.5) is 11.4 Å². The molecule has 3 rings (SSSR count). The average molecular weight is 663 g/mol. The predicted molar refractivity (Wildman–Crippen MR) is 205 cm³/mol. The molecule has 0 saturated carbocycles. The van der Waals surface area contributed by atoms with Gasteiger partial charge in [0.2, 0.25) is 10.9 Å². The van der Waals surface area contributed by atoms with Gasteiger partial charge in [0.05, 0.1) is 24.6 Å². The summed E-state index contributed by atoms with van der Waals surface area (Å²) in [4.78, 5) is 30.2. The molecule has 1 aliphatic rings. The Morgan fingerprint density at radius 2 is 0.708 bits per heavy atom. The summed E-state index contributed by atoms with van der Waals surface area (Å²) in [6.07, 6.45) is 25.9. The summed E-state index contributed by atoms with van der Waals surface area (Å²) in [5.41, 5.74) is 1.37. The molecule has 0 spiro atoms.